The fourth-order valence-electron chi connectivity index (χ4n) is 3.04. The Kier molecular flexibility index (Phi) is 9.45. The van der Waals surface area contributed by atoms with E-state index >= 15 is 0 Å². The van der Waals surface area contributed by atoms with E-state index in [0.717, 1.165) is 18.7 Å². The summed E-state index contributed by atoms with van der Waals surface area (Å²) in [6.45, 7) is 3.26. The number of carbonyl (C=O) groups excluding carboxylic acids is 3. The van der Waals surface area contributed by atoms with Gasteiger partial charge in [0.1, 0.15) is 42.1 Å². The third-order valence-electron chi connectivity index (χ3n) is 4.23. The van der Waals surface area contributed by atoms with Crippen molar-refractivity contribution in [1.82, 2.24) is 0 Å². The summed E-state index contributed by atoms with van der Waals surface area (Å²) < 4.78 is 27.1. The van der Waals surface area contributed by atoms with Crippen LogP contribution in [0.3, 0.4) is 0 Å². The van der Waals surface area contributed by atoms with Crippen LogP contribution in [0.2, 0.25) is 5.02 Å². The Hall–Kier alpha value is -2.66. The monoisotopic (exact) mass is 487 g/mol. The summed E-state index contributed by atoms with van der Waals surface area (Å²) >= 11 is 7.20. The highest BCUT2D eigenvalue weighted by Crippen LogP contribution is 2.41. The molecule has 1 aromatic rings. The number of azide groups is 1. The minimum Gasteiger partial charge on any atom is -0.496 e. The van der Waals surface area contributed by atoms with Gasteiger partial charge in [-0.2, -0.15) is 0 Å². The number of methoxy groups -OCH3 is 1. The average molecular weight is 488 g/mol. The molecule has 13 heteroatoms. The Morgan fingerprint density at radius 2 is 1.81 bits per heavy atom. The lowest BCUT2D eigenvalue weighted by Gasteiger charge is -2.43. The van der Waals surface area contributed by atoms with E-state index in [2.05, 4.69) is 10.0 Å². The number of ether oxygens (including phenoxy) is 5. The molecule has 0 spiro atoms. The first kappa shape index (κ1) is 25.6. The second kappa shape index (κ2) is 11.8. The molecule has 11 nitrogen and oxygen atoms in total. The van der Waals surface area contributed by atoms with Gasteiger partial charge in [0.15, 0.2) is 0 Å². The number of hydrogen-bond donors (Lipinski definition) is 0. The van der Waals surface area contributed by atoms with Crippen LogP contribution in [-0.4, -0.2) is 61.4 Å². The molecule has 0 amide bonds. The van der Waals surface area contributed by atoms with Crippen LogP contribution in [0.25, 0.3) is 10.4 Å². The van der Waals surface area contributed by atoms with E-state index in [9.17, 15) is 14.4 Å². The van der Waals surface area contributed by atoms with Crippen LogP contribution in [-0.2, 0) is 33.3 Å². The van der Waals surface area contributed by atoms with Gasteiger partial charge in [0.25, 0.3) is 0 Å². The van der Waals surface area contributed by atoms with Crippen molar-refractivity contribution in [2.24, 2.45) is 5.11 Å². The number of esters is 3. The maximum atomic E-state index is 11.8. The largest absolute Gasteiger partial charge is 0.496 e. The van der Waals surface area contributed by atoms with Crippen molar-refractivity contribution in [1.29, 1.82) is 0 Å². The lowest BCUT2D eigenvalue weighted by atomic mass is 9.97. The third-order valence-corrected chi connectivity index (χ3v) is 5.65. The van der Waals surface area contributed by atoms with E-state index in [1.165, 1.54) is 21.0 Å². The van der Waals surface area contributed by atoms with Crippen LogP contribution in [0.4, 0.5) is 0 Å². The second-order valence-electron chi connectivity index (χ2n) is 6.60. The van der Waals surface area contributed by atoms with Gasteiger partial charge in [0.2, 0.25) is 0 Å². The number of carbonyl (C=O) groups is 3. The molecule has 1 aliphatic rings. The predicted molar refractivity (Wildman–Crippen MR) is 113 cm³/mol. The van der Waals surface area contributed by atoms with Crippen molar-refractivity contribution in [3.05, 3.63) is 33.7 Å². The highest BCUT2D eigenvalue weighted by molar-refractivity contribution is 8.00. The number of nitrogens with zero attached hydrogens (tertiary/aromatic N) is 3. The molecule has 0 unspecified atom stereocenters. The number of benzene rings is 1. The van der Waals surface area contributed by atoms with Gasteiger partial charge in [0, 0.05) is 30.7 Å². The fraction of sp³-hybridized carbons (Fsp3) is 0.526. The van der Waals surface area contributed by atoms with Crippen molar-refractivity contribution in [3.63, 3.8) is 0 Å². The van der Waals surface area contributed by atoms with E-state index in [0.29, 0.717) is 15.7 Å². The molecule has 174 valence electrons. The van der Waals surface area contributed by atoms with Crippen molar-refractivity contribution in [2.45, 2.75) is 55.5 Å². The molecule has 1 aliphatic heterocycles. The molecule has 0 bridgehead atoms. The van der Waals surface area contributed by atoms with Crippen LogP contribution >= 0.6 is 23.4 Å². The first-order valence-corrected chi connectivity index (χ1v) is 10.6. The lowest BCUT2D eigenvalue weighted by molar-refractivity contribution is -0.201. The van der Waals surface area contributed by atoms with Gasteiger partial charge in [-0.15, -0.1) is 0 Å². The van der Waals surface area contributed by atoms with Gasteiger partial charge in [0.05, 0.1) is 12.0 Å². The molecule has 0 radical (unpaired) electrons. The van der Waals surface area contributed by atoms with Gasteiger partial charge in [-0.05, 0) is 23.7 Å². The Bertz CT molecular complexity index is 911. The summed E-state index contributed by atoms with van der Waals surface area (Å²) in [5.74, 6) is -1.46. The van der Waals surface area contributed by atoms with E-state index in [1.807, 2.05) is 0 Å². The number of thioether (sulfide) groups is 1. The summed E-state index contributed by atoms with van der Waals surface area (Å²) in [4.78, 5) is 38.2. The Morgan fingerprint density at radius 1 is 1.16 bits per heavy atom. The Balaban J connectivity index is 2.50. The van der Waals surface area contributed by atoms with Crippen molar-refractivity contribution in [3.8, 4) is 5.75 Å². The summed E-state index contributed by atoms with van der Waals surface area (Å²) in [5, 5.41) is 4.14. The molecule has 0 aliphatic carbocycles. The first-order valence-electron chi connectivity index (χ1n) is 9.34. The SMILES string of the molecule is COc1ccc(Cl)cc1S[C@H]1O[C@H](COC(C)=O)[C@H](OC(C)=O)[C@H](N=[N+]=[N-])[C@H]1OC(C)=O. The van der Waals surface area contributed by atoms with Gasteiger partial charge >= 0.3 is 17.9 Å². The first-order chi connectivity index (χ1) is 15.2. The van der Waals surface area contributed by atoms with Crippen LogP contribution < -0.4 is 4.74 Å². The summed E-state index contributed by atoms with van der Waals surface area (Å²) in [5.41, 5.74) is 8.18. The molecule has 5 atom stereocenters. The lowest BCUT2D eigenvalue weighted by Crippen LogP contribution is -2.59. The van der Waals surface area contributed by atoms with Crippen LogP contribution in [0.15, 0.2) is 28.2 Å². The average Bonchev–Trinajstić information content (AvgIpc) is 2.70. The third kappa shape index (κ3) is 6.92. The Morgan fingerprint density at radius 3 is 2.38 bits per heavy atom. The molecule has 32 heavy (non-hydrogen) atoms. The van der Waals surface area contributed by atoms with Gasteiger partial charge in [-0.1, -0.05) is 28.5 Å². The van der Waals surface area contributed by atoms with Crippen LogP contribution in [0, 0.1) is 0 Å². The molecule has 0 aromatic heterocycles. The van der Waals surface area contributed by atoms with Crippen molar-refractivity contribution < 1.29 is 38.1 Å². The van der Waals surface area contributed by atoms with Gasteiger partial charge in [-0.25, -0.2) is 0 Å². The normalized spacial score (nSPS) is 24.6. The smallest absolute Gasteiger partial charge is 0.303 e. The number of hydrogen-bond acceptors (Lipinski definition) is 10. The van der Waals surface area contributed by atoms with Gasteiger partial charge < -0.3 is 23.7 Å². The zero-order chi connectivity index (χ0) is 23.8. The van der Waals surface area contributed by atoms with Gasteiger partial charge in [-0.3, -0.25) is 14.4 Å². The molecule has 1 saturated heterocycles. The number of rotatable bonds is 8. The zero-order valence-electron chi connectivity index (χ0n) is 17.7. The van der Waals surface area contributed by atoms with E-state index in [1.54, 1.807) is 18.2 Å². The highest BCUT2D eigenvalue weighted by atomic mass is 35.5. The van der Waals surface area contributed by atoms with Crippen molar-refractivity contribution in [2.75, 3.05) is 13.7 Å². The minimum absolute atomic E-state index is 0.290. The predicted octanol–water partition coefficient (Wildman–Crippen LogP) is 3.27. The van der Waals surface area contributed by atoms with E-state index in [-0.39, 0.29) is 6.61 Å². The standard InChI is InChI=1S/C19H22ClN3O8S/c1-9(24)28-8-14-17(29-10(2)25)16(22-23-21)18(30-11(3)26)19(31-14)32-15-7-12(20)5-6-13(15)27-4/h5-7,14,16-19H,8H2,1-4H3/t14-,16+,17+,18-,19-/m1/s1. The van der Waals surface area contributed by atoms with E-state index < -0.39 is 47.7 Å². The fourth-order valence-corrected chi connectivity index (χ4v) is 4.53. The minimum atomic E-state index is -1.18. The Labute approximate surface area is 193 Å². The van der Waals surface area contributed by atoms with Crippen LogP contribution in [0.1, 0.15) is 20.8 Å². The molecular weight excluding hydrogens is 466 g/mol. The summed E-state index contributed by atoms with van der Waals surface area (Å²) in [6, 6.07) is 3.75. The highest BCUT2D eigenvalue weighted by Gasteiger charge is 2.50. The maximum absolute atomic E-state index is 11.8. The molecular formula is C19H22ClN3O8S. The molecule has 1 heterocycles. The maximum Gasteiger partial charge on any atom is 0.303 e. The second-order valence-corrected chi connectivity index (χ2v) is 8.18. The van der Waals surface area contributed by atoms with E-state index in [4.69, 9.17) is 40.8 Å². The van der Waals surface area contributed by atoms with Crippen LogP contribution in [0.5, 0.6) is 5.75 Å². The topological polar surface area (TPSA) is 146 Å². The molecule has 0 N–H and O–H groups in total. The van der Waals surface area contributed by atoms with Crippen molar-refractivity contribution >= 4 is 41.3 Å². The molecule has 2 rings (SSSR count). The molecule has 1 aromatic carbocycles. The summed E-state index contributed by atoms with van der Waals surface area (Å²) in [7, 11) is 1.47. The quantitative estimate of drug-likeness (QED) is 0.177. The summed E-state index contributed by atoms with van der Waals surface area (Å²) in [6.07, 6.45) is -3.33. The zero-order valence-corrected chi connectivity index (χ0v) is 19.3. The molecule has 0 saturated carbocycles. The number of halogens is 1. The molecule has 1 fully saturated rings.